The minimum Gasteiger partial charge on any atom is -0.449 e. The molecule has 35 heavy (non-hydrogen) atoms. The van der Waals surface area contributed by atoms with Crippen LogP contribution in [0.3, 0.4) is 0 Å². The van der Waals surface area contributed by atoms with Crippen molar-refractivity contribution in [2.24, 2.45) is 0 Å². The van der Waals surface area contributed by atoms with Crippen LogP contribution in [-0.2, 0) is 29.1 Å². The average molecular weight is 533 g/mol. The van der Waals surface area contributed by atoms with Crippen molar-refractivity contribution < 1.29 is 27.5 Å². The summed E-state index contributed by atoms with van der Waals surface area (Å²) in [4.78, 5) is 27.4. The van der Waals surface area contributed by atoms with E-state index in [4.69, 9.17) is 9.47 Å². The van der Waals surface area contributed by atoms with Crippen LogP contribution in [0.5, 0.6) is 0 Å². The van der Waals surface area contributed by atoms with Crippen molar-refractivity contribution in [1.29, 1.82) is 0 Å². The molecular formula is C24H24N2O6S3. The first kappa shape index (κ1) is 25.3. The van der Waals surface area contributed by atoms with Gasteiger partial charge >= 0.3 is 5.97 Å². The topological polar surface area (TPSA) is 102 Å². The predicted molar refractivity (Wildman–Crippen MR) is 137 cm³/mol. The molecule has 11 heteroatoms. The van der Waals surface area contributed by atoms with E-state index in [1.807, 2.05) is 35.0 Å². The van der Waals surface area contributed by atoms with Gasteiger partial charge in [0.2, 0.25) is 10.0 Å². The SMILES string of the molecule is CC(OC(=O)/C(=C/c1cccs1)c1cccs1)C(=O)Nc1cccc(S(=O)(=O)N2CCOCC2)c1. The second-order valence-electron chi connectivity index (χ2n) is 7.63. The van der Waals surface area contributed by atoms with Crippen molar-refractivity contribution in [2.45, 2.75) is 17.9 Å². The Labute approximate surface area is 211 Å². The van der Waals surface area contributed by atoms with E-state index >= 15 is 0 Å². The average Bonchev–Trinajstić information content (AvgIpc) is 3.57. The summed E-state index contributed by atoms with van der Waals surface area (Å²) >= 11 is 2.89. The van der Waals surface area contributed by atoms with Crippen molar-refractivity contribution in [3.05, 3.63) is 69.0 Å². The zero-order valence-electron chi connectivity index (χ0n) is 18.9. The third kappa shape index (κ3) is 6.24. The van der Waals surface area contributed by atoms with Gasteiger partial charge < -0.3 is 14.8 Å². The lowest BCUT2D eigenvalue weighted by atomic mass is 10.2. The Morgan fingerprint density at radius 2 is 1.83 bits per heavy atom. The third-order valence-corrected chi connectivity index (χ3v) is 8.82. The van der Waals surface area contributed by atoms with Gasteiger partial charge in [0, 0.05) is 28.5 Å². The summed E-state index contributed by atoms with van der Waals surface area (Å²) in [6.45, 7) is 2.70. The van der Waals surface area contributed by atoms with E-state index in [0.717, 1.165) is 9.75 Å². The first-order valence-corrected chi connectivity index (χ1v) is 14.0. The maximum absolute atomic E-state index is 12.9. The van der Waals surface area contributed by atoms with E-state index in [0.29, 0.717) is 24.5 Å². The second-order valence-corrected chi connectivity index (χ2v) is 11.5. The van der Waals surface area contributed by atoms with E-state index in [9.17, 15) is 18.0 Å². The van der Waals surface area contributed by atoms with E-state index in [2.05, 4.69) is 5.32 Å². The molecule has 0 aliphatic carbocycles. The molecule has 1 atom stereocenters. The lowest BCUT2D eigenvalue weighted by molar-refractivity contribution is -0.147. The van der Waals surface area contributed by atoms with E-state index in [1.54, 1.807) is 18.2 Å². The van der Waals surface area contributed by atoms with Gasteiger partial charge in [0.15, 0.2) is 6.10 Å². The maximum atomic E-state index is 12.9. The van der Waals surface area contributed by atoms with Crippen LogP contribution < -0.4 is 5.32 Å². The Morgan fingerprint density at radius 1 is 1.09 bits per heavy atom. The number of carbonyl (C=O) groups excluding carboxylic acids is 2. The van der Waals surface area contributed by atoms with Crippen LogP contribution in [0.2, 0.25) is 0 Å². The summed E-state index contributed by atoms with van der Waals surface area (Å²) in [6, 6.07) is 13.4. The number of morpholine rings is 1. The van der Waals surface area contributed by atoms with E-state index < -0.39 is 28.0 Å². The molecule has 1 unspecified atom stereocenters. The number of carbonyl (C=O) groups is 2. The van der Waals surface area contributed by atoms with Crippen LogP contribution in [0.25, 0.3) is 11.6 Å². The van der Waals surface area contributed by atoms with E-state index in [-0.39, 0.29) is 18.0 Å². The highest BCUT2D eigenvalue weighted by molar-refractivity contribution is 7.89. The standard InChI is InChI=1S/C24H24N2O6S3/c1-17(32-24(28)21(22-8-4-14-34-22)16-19-6-3-13-33-19)23(27)25-18-5-2-7-20(15-18)35(29,30)26-9-11-31-12-10-26/h2-8,13-17H,9-12H2,1H3,(H,25,27)/b21-16+. The van der Waals surface area contributed by atoms with Gasteiger partial charge in [-0.2, -0.15) is 4.31 Å². The van der Waals surface area contributed by atoms with Crippen LogP contribution in [0.4, 0.5) is 5.69 Å². The van der Waals surface area contributed by atoms with E-state index in [1.165, 1.54) is 46.0 Å². The number of rotatable bonds is 8. The van der Waals surface area contributed by atoms with Gasteiger partial charge in [-0.15, -0.1) is 22.7 Å². The molecule has 0 spiro atoms. The van der Waals surface area contributed by atoms with Crippen LogP contribution in [0, 0.1) is 0 Å². The molecular weight excluding hydrogens is 508 g/mol. The fraction of sp³-hybridized carbons (Fsp3) is 0.250. The minimum atomic E-state index is -3.71. The molecule has 1 fully saturated rings. The number of nitrogens with zero attached hydrogens (tertiary/aromatic N) is 1. The number of nitrogens with one attached hydrogen (secondary N) is 1. The molecule has 0 saturated carbocycles. The molecule has 3 heterocycles. The van der Waals surface area contributed by atoms with Gasteiger partial charge in [-0.1, -0.05) is 18.2 Å². The molecule has 0 bridgehead atoms. The molecule has 0 radical (unpaired) electrons. The number of thiophene rings is 2. The van der Waals surface area contributed by atoms with Gasteiger partial charge in [0.1, 0.15) is 0 Å². The number of esters is 1. The Bertz CT molecular complexity index is 1290. The number of hydrogen-bond acceptors (Lipinski definition) is 8. The molecule has 1 aliphatic rings. The number of sulfonamides is 1. The molecule has 1 N–H and O–H groups in total. The molecule has 8 nitrogen and oxygen atoms in total. The van der Waals surface area contributed by atoms with Gasteiger partial charge in [0.05, 0.1) is 23.7 Å². The van der Waals surface area contributed by atoms with Crippen LogP contribution in [-0.4, -0.2) is 57.0 Å². The number of ether oxygens (including phenoxy) is 2. The fourth-order valence-corrected chi connectivity index (χ4v) is 6.21. The highest BCUT2D eigenvalue weighted by atomic mass is 32.2. The number of hydrogen-bond donors (Lipinski definition) is 1. The van der Waals surface area contributed by atoms with Crippen molar-refractivity contribution in [3.63, 3.8) is 0 Å². The number of amides is 1. The Balaban J connectivity index is 1.45. The zero-order valence-corrected chi connectivity index (χ0v) is 21.3. The molecule has 1 aliphatic heterocycles. The first-order chi connectivity index (χ1) is 16.8. The highest BCUT2D eigenvalue weighted by Gasteiger charge is 2.27. The van der Waals surface area contributed by atoms with Crippen LogP contribution in [0.1, 0.15) is 16.7 Å². The Kier molecular flexibility index (Phi) is 8.14. The normalized spacial score (nSPS) is 16.0. The molecule has 3 aromatic rings. The van der Waals surface area contributed by atoms with Gasteiger partial charge in [-0.3, -0.25) is 4.79 Å². The van der Waals surface area contributed by atoms with Crippen molar-refractivity contribution in [1.82, 2.24) is 4.31 Å². The summed E-state index contributed by atoms with van der Waals surface area (Å²) in [5.41, 5.74) is 0.653. The fourth-order valence-electron chi connectivity index (χ4n) is 3.37. The van der Waals surface area contributed by atoms with Crippen LogP contribution in [0.15, 0.2) is 64.2 Å². The summed E-state index contributed by atoms with van der Waals surface area (Å²) in [7, 11) is -3.71. The summed E-state index contributed by atoms with van der Waals surface area (Å²) < 4.78 is 37.9. The Morgan fingerprint density at radius 3 is 2.51 bits per heavy atom. The molecule has 1 aromatic carbocycles. The summed E-state index contributed by atoms with van der Waals surface area (Å²) in [6.07, 6.45) is 0.636. The lowest BCUT2D eigenvalue weighted by Gasteiger charge is -2.26. The summed E-state index contributed by atoms with van der Waals surface area (Å²) in [5, 5.41) is 6.41. The van der Waals surface area contributed by atoms with Gasteiger partial charge in [-0.25, -0.2) is 13.2 Å². The zero-order chi connectivity index (χ0) is 24.8. The third-order valence-electron chi connectivity index (χ3n) is 5.20. The second kappa shape index (κ2) is 11.3. The highest BCUT2D eigenvalue weighted by Crippen LogP contribution is 2.26. The van der Waals surface area contributed by atoms with Crippen molar-refractivity contribution in [3.8, 4) is 0 Å². The van der Waals surface area contributed by atoms with Gasteiger partial charge in [0.25, 0.3) is 5.91 Å². The van der Waals surface area contributed by atoms with Gasteiger partial charge in [-0.05, 0) is 54.1 Å². The Hall–Kier alpha value is -2.83. The number of benzene rings is 1. The molecule has 2 aromatic heterocycles. The number of anilines is 1. The predicted octanol–water partition coefficient (Wildman–Crippen LogP) is 3.94. The summed E-state index contributed by atoms with van der Waals surface area (Å²) in [5.74, 6) is -1.19. The first-order valence-electron chi connectivity index (χ1n) is 10.8. The lowest BCUT2D eigenvalue weighted by Crippen LogP contribution is -2.40. The molecule has 1 saturated heterocycles. The van der Waals surface area contributed by atoms with Crippen molar-refractivity contribution in [2.75, 3.05) is 31.6 Å². The molecule has 184 valence electrons. The van der Waals surface area contributed by atoms with Crippen molar-refractivity contribution >= 4 is 61.9 Å². The minimum absolute atomic E-state index is 0.0701. The molecule has 4 rings (SSSR count). The molecule has 1 amide bonds. The smallest absolute Gasteiger partial charge is 0.340 e. The monoisotopic (exact) mass is 532 g/mol. The largest absolute Gasteiger partial charge is 0.449 e. The quantitative estimate of drug-likeness (QED) is 0.348. The maximum Gasteiger partial charge on any atom is 0.340 e. The van der Waals surface area contributed by atoms with Crippen LogP contribution >= 0.6 is 22.7 Å².